The molecule has 3 atom stereocenters. The van der Waals surface area contributed by atoms with E-state index in [-0.39, 0.29) is 24.1 Å². The lowest BCUT2D eigenvalue weighted by Crippen LogP contribution is -2.48. The molecule has 0 saturated heterocycles. The maximum Gasteiger partial charge on any atom is 0.236 e. The minimum Gasteiger partial charge on any atom is -0.390 e. The van der Waals surface area contributed by atoms with Gasteiger partial charge in [-0.25, -0.2) is 0 Å². The van der Waals surface area contributed by atoms with Crippen molar-refractivity contribution in [3.05, 3.63) is 0 Å². The molecule has 7 heteroatoms. The van der Waals surface area contributed by atoms with Crippen LogP contribution in [0.4, 0.5) is 0 Å². The number of thiol groups is 1. The lowest BCUT2D eigenvalue weighted by Gasteiger charge is -2.23. The summed E-state index contributed by atoms with van der Waals surface area (Å²) in [5, 5.41) is 12.3. The fourth-order valence-corrected chi connectivity index (χ4v) is 1.20. The third-order valence-electron chi connectivity index (χ3n) is 2.38. The Morgan fingerprint density at radius 1 is 1.47 bits per heavy atom. The molecule has 0 aliphatic rings. The highest BCUT2D eigenvalue weighted by molar-refractivity contribution is 7.80. The lowest BCUT2D eigenvalue weighted by atomic mass is 10.1. The van der Waals surface area contributed by atoms with Crippen LogP contribution < -0.4 is 11.1 Å². The van der Waals surface area contributed by atoms with E-state index in [1.807, 2.05) is 0 Å². The summed E-state index contributed by atoms with van der Waals surface area (Å²) in [5.41, 5.74) is 5.38. The van der Waals surface area contributed by atoms with E-state index < -0.39 is 18.2 Å². The highest BCUT2D eigenvalue weighted by Gasteiger charge is 2.22. The van der Waals surface area contributed by atoms with Crippen molar-refractivity contribution in [2.75, 3.05) is 12.9 Å². The zero-order chi connectivity index (χ0) is 13.6. The molecule has 3 unspecified atom stereocenters. The van der Waals surface area contributed by atoms with Gasteiger partial charge in [-0.05, 0) is 13.8 Å². The van der Waals surface area contributed by atoms with Gasteiger partial charge in [0.1, 0.15) is 0 Å². The summed E-state index contributed by atoms with van der Waals surface area (Å²) in [6.07, 6.45) is -0.996. The second-order valence-electron chi connectivity index (χ2n) is 4.09. The zero-order valence-electron chi connectivity index (χ0n) is 10.4. The third kappa shape index (κ3) is 5.90. The van der Waals surface area contributed by atoms with Gasteiger partial charge in [0.25, 0.3) is 0 Å². The van der Waals surface area contributed by atoms with E-state index in [0.717, 1.165) is 0 Å². The standard InChI is InChI=1S/C10H21N3O3S/c1-6(11)10(16)12-7(2)8(14)4-9(15)13(3)5-17/h6-8,14,17H,4-5,11H2,1-3H3,(H,12,16). The Morgan fingerprint density at radius 3 is 2.41 bits per heavy atom. The largest absolute Gasteiger partial charge is 0.390 e. The van der Waals surface area contributed by atoms with Crippen LogP contribution in [0.1, 0.15) is 20.3 Å². The van der Waals surface area contributed by atoms with Crippen LogP contribution in [-0.4, -0.2) is 52.9 Å². The zero-order valence-corrected chi connectivity index (χ0v) is 11.3. The number of hydrogen-bond donors (Lipinski definition) is 4. The second-order valence-corrected chi connectivity index (χ2v) is 4.37. The first kappa shape index (κ1) is 16.2. The number of amides is 2. The van der Waals surface area contributed by atoms with Gasteiger partial charge in [-0.3, -0.25) is 9.59 Å². The lowest BCUT2D eigenvalue weighted by molar-refractivity contribution is -0.132. The van der Waals surface area contributed by atoms with Crippen molar-refractivity contribution in [3.8, 4) is 0 Å². The van der Waals surface area contributed by atoms with Gasteiger partial charge in [0.05, 0.1) is 30.5 Å². The van der Waals surface area contributed by atoms with Crippen molar-refractivity contribution in [1.82, 2.24) is 10.2 Å². The smallest absolute Gasteiger partial charge is 0.236 e. The van der Waals surface area contributed by atoms with Crippen LogP contribution >= 0.6 is 12.6 Å². The van der Waals surface area contributed by atoms with Gasteiger partial charge < -0.3 is 21.1 Å². The summed E-state index contributed by atoms with van der Waals surface area (Å²) in [5.74, 6) is -0.299. The summed E-state index contributed by atoms with van der Waals surface area (Å²) in [7, 11) is 1.59. The minimum atomic E-state index is -0.937. The average Bonchev–Trinajstić information content (AvgIpc) is 2.27. The number of carbonyl (C=O) groups is 2. The molecule has 2 amide bonds. The molecule has 6 nitrogen and oxygen atoms in total. The quantitative estimate of drug-likeness (QED) is 0.363. The first-order chi connectivity index (χ1) is 7.79. The molecule has 0 aliphatic carbocycles. The fourth-order valence-electron chi connectivity index (χ4n) is 1.04. The number of nitrogens with one attached hydrogen (secondary N) is 1. The first-order valence-electron chi connectivity index (χ1n) is 5.38. The molecule has 0 aromatic carbocycles. The van der Waals surface area contributed by atoms with Gasteiger partial charge in [0.15, 0.2) is 0 Å². The second kappa shape index (κ2) is 7.52. The van der Waals surface area contributed by atoms with Crippen molar-refractivity contribution < 1.29 is 14.7 Å². The van der Waals surface area contributed by atoms with E-state index in [1.54, 1.807) is 20.9 Å². The molecule has 0 bridgehead atoms. The number of aliphatic hydroxyl groups is 1. The van der Waals surface area contributed by atoms with Gasteiger partial charge in [0.2, 0.25) is 11.8 Å². The molecule has 0 radical (unpaired) electrons. The SMILES string of the molecule is CC(N)C(=O)NC(C)C(O)CC(=O)N(C)CS. The molecule has 0 rings (SSSR count). The number of hydrogen-bond acceptors (Lipinski definition) is 5. The first-order valence-corrected chi connectivity index (χ1v) is 6.01. The monoisotopic (exact) mass is 263 g/mol. The summed E-state index contributed by atoms with van der Waals surface area (Å²) in [4.78, 5) is 24.1. The summed E-state index contributed by atoms with van der Waals surface area (Å²) < 4.78 is 0. The van der Waals surface area contributed by atoms with E-state index in [1.165, 1.54) is 4.90 Å². The van der Waals surface area contributed by atoms with Crippen molar-refractivity contribution >= 4 is 24.4 Å². The van der Waals surface area contributed by atoms with Gasteiger partial charge >= 0.3 is 0 Å². The van der Waals surface area contributed by atoms with Crippen LogP contribution in [0.5, 0.6) is 0 Å². The van der Waals surface area contributed by atoms with Crippen molar-refractivity contribution in [2.45, 2.75) is 38.5 Å². The third-order valence-corrected chi connectivity index (χ3v) is 2.81. The van der Waals surface area contributed by atoms with Crippen molar-refractivity contribution in [1.29, 1.82) is 0 Å². The summed E-state index contributed by atoms with van der Waals surface area (Å²) in [6.45, 7) is 3.17. The van der Waals surface area contributed by atoms with Crippen LogP contribution in [0, 0.1) is 0 Å². The molecule has 17 heavy (non-hydrogen) atoms. The Hall–Kier alpha value is -0.790. The van der Waals surface area contributed by atoms with E-state index >= 15 is 0 Å². The molecule has 0 spiro atoms. The molecule has 0 heterocycles. The molecular formula is C10H21N3O3S. The van der Waals surface area contributed by atoms with Crippen LogP contribution in [0.2, 0.25) is 0 Å². The predicted molar refractivity (Wildman–Crippen MR) is 68.5 cm³/mol. The van der Waals surface area contributed by atoms with E-state index in [2.05, 4.69) is 17.9 Å². The Bertz CT molecular complexity index is 274. The van der Waals surface area contributed by atoms with Crippen LogP contribution in [0.3, 0.4) is 0 Å². The molecule has 0 aromatic rings. The van der Waals surface area contributed by atoms with E-state index in [9.17, 15) is 14.7 Å². The number of nitrogens with zero attached hydrogens (tertiary/aromatic N) is 1. The highest BCUT2D eigenvalue weighted by atomic mass is 32.1. The number of carbonyl (C=O) groups excluding carboxylic acids is 2. The maximum atomic E-state index is 11.5. The Kier molecular flexibility index (Phi) is 7.17. The molecule has 0 fully saturated rings. The van der Waals surface area contributed by atoms with Crippen LogP contribution in [0.15, 0.2) is 0 Å². The van der Waals surface area contributed by atoms with Gasteiger partial charge in [-0.1, -0.05) is 0 Å². The Labute approximate surface area is 107 Å². The number of nitrogens with two attached hydrogens (primary N) is 1. The van der Waals surface area contributed by atoms with Gasteiger partial charge in [-0.2, -0.15) is 12.6 Å². The topological polar surface area (TPSA) is 95.7 Å². The average molecular weight is 263 g/mol. The van der Waals surface area contributed by atoms with Gasteiger partial charge in [0, 0.05) is 7.05 Å². The maximum absolute atomic E-state index is 11.5. The number of rotatable bonds is 6. The molecule has 0 aliphatic heterocycles. The van der Waals surface area contributed by atoms with Gasteiger partial charge in [-0.15, -0.1) is 0 Å². The van der Waals surface area contributed by atoms with Crippen molar-refractivity contribution in [3.63, 3.8) is 0 Å². The van der Waals surface area contributed by atoms with Crippen molar-refractivity contribution in [2.24, 2.45) is 5.73 Å². The molecule has 100 valence electrons. The normalized spacial score (nSPS) is 15.9. The molecular weight excluding hydrogens is 242 g/mol. The van der Waals surface area contributed by atoms with Crippen LogP contribution in [-0.2, 0) is 9.59 Å². The Morgan fingerprint density at radius 2 is 2.00 bits per heavy atom. The molecule has 0 aromatic heterocycles. The van der Waals surface area contributed by atoms with E-state index in [4.69, 9.17) is 5.73 Å². The van der Waals surface area contributed by atoms with E-state index in [0.29, 0.717) is 0 Å². The van der Waals surface area contributed by atoms with Crippen LogP contribution in [0.25, 0.3) is 0 Å². The highest BCUT2D eigenvalue weighted by Crippen LogP contribution is 2.03. The minimum absolute atomic E-state index is 0.0581. The predicted octanol–water partition coefficient (Wildman–Crippen LogP) is -1.06. The molecule has 0 saturated carbocycles. The molecule has 4 N–H and O–H groups in total. The Balaban J connectivity index is 4.18. The number of aliphatic hydroxyl groups excluding tert-OH is 1. The summed E-state index contributed by atoms with van der Waals surface area (Å²) in [6, 6.07) is -1.16. The fraction of sp³-hybridized carbons (Fsp3) is 0.800. The summed E-state index contributed by atoms with van der Waals surface area (Å²) >= 11 is 3.95.